The summed E-state index contributed by atoms with van der Waals surface area (Å²) in [5.74, 6) is -1.36. The van der Waals surface area contributed by atoms with Crippen molar-refractivity contribution in [1.82, 2.24) is 0 Å². The lowest BCUT2D eigenvalue weighted by Gasteiger charge is -2.29. The minimum atomic E-state index is -4.77. The van der Waals surface area contributed by atoms with Gasteiger partial charge in [0.25, 0.3) is 5.91 Å². The van der Waals surface area contributed by atoms with Gasteiger partial charge in [0.15, 0.2) is 5.60 Å². The van der Waals surface area contributed by atoms with Crippen LogP contribution in [0.1, 0.15) is 23.6 Å². The molecule has 1 amide bonds. The molecule has 1 aliphatic rings. The third kappa shape index (κ3) is 4.32. The van der Waals surface area contributed by atoms with Crippen LogP contribution in [0.25, 0.3) is 0 Å². The highest BCUT2D eigenvalue weighted by molar-refractivity contribution is 5.97. The van der Waals surface area contributed by atoms with Crippen molar-refractivity contribution in [3.05, 3.63) is 58.9 Å². The Balaban J connectivity index is 1.77. The van der Waals surface area contributed by atoms with E-state index < -0.39 is 34.6 Å². The second-order valence-electron chi connectivity index (χ2n) is 7.04. The number of hydrogen-bond donors (Lipinski definition) is 2. The standard InChI is InChI=1S/C20H17F4N3O2/c1-19(29,11-27-7-6-12-2-4-14(21)8-17(12)27)18(28)26-15-5-3-13(10-25)16(9-15)20(22,23)24/h2-5,8-9,29H,6-7,11H2,1H3,(H,26,28). The molecule has 0 saturated carbocycles. The third-order valence-corrected chi connectivity index (χ3v) is 4.73. The first kappa shape index (κ1) is 20.6. The van der Waals surface area contributed by atoms with Crippen molar-refractivity contribution >= 4 is 17.3 Å². The molecule has 5 nitrogen and oxygen atoms in total. The van der Waals surface area contributed by atoms with Crippen molar-refractivity contribution in [2.75, 3.05) is 23.3 Å². The molecule has 9 heteroatoms. The summed E-state index contributed by atoms with van der Waals surface area (Å²) < 4.78 is 52.8. The molecule has 2 aromatic rings. The predicted molar refractivity (Wildman–Crippen MR) is 97.7 cm³/mol. The number of nitrogens with zero attached hydrogens (tertiary/aromatic N) is 2. The minimum absolute atomic E-state index is 0.169. The SMILES string of the molecule is CC(O)(CN1CCc2ccc(F)cc21)C(=O)Nc1ccc(C#N)c(C(F)(F)F)c1. The summed E-state index contributed by atoms with van der Waals surface area (Å²) in [5, 5.41) is 21.7. The number of hydrogen-bond acceptors (Lipinski definition) is 4. The van der Waals surface area contributed by atoms with Crippen molar-refractivity contribution in [2.45, 2.75) is 25.1 Å². The molecule has 0 saturated heterocycles. The highest BCUT2D eigenvalue weighted by Gasteiger charge is 2.37. The fraction of sp³-hybridized carbons (Fsp3) is 0.300. The zero-order valence-electron chi connectivity index (χ0n) is 15.3. The number of carbonyl (C=O) groups excluding carboxylic acids is 1. The lowest BCUT2D eigenvalue weighted by molar-refractivity contribution is -0.138. The Morgan fingerprint density at radius 3 is 2.66 bits per heavy atom. The molecule has 0 bridgehead atoms. The van der Waals surface area contributed by atoms with Gasteiger partial charge in [0.2, 0.25) is 0 Å². The van der Waals surface area contributed by atoms with Gasteiger partial charge in [0, 0.05) is 17.9 Å². The molecule has 0 fully saturated rings. The van der Waals surface area contributed by atoms with Crippen LogP contribution in [0.15, 0.2) is 36.4 Å². The number of nitriles is 1. The number of nitrogens with one attached hydrogen (secondary N) is 1. The largest absolute Gasteiger partial charge is 0.417 e. The molecule has 0 aliphatic carbocycles. The summed E-state index contributed by atoms with van der Waals surface area (Å²) >= 11 is 0. The molecule has 3 rings (SSSR count). The maximum absolute atomic E-state index is 13.5. The first-order valence-electron chi connectivity index (χ1n) is 8.70. The minimum Gasteiger partial charge on any atom is -0.378 e. The Hall–Kier alpha value is -3.12. The lowest BCUT2D eigenvalue weighted by atomic mass is 10.0. The van der Waals surface area contributed by atoms with Gasteiger partial charge in [-0.15, -0.1) is 0 Å². The number of fused-ring (bicyclic) bond motifs is 1. The van der Waals surface area contributed by atoms with Crippen LogP contribution in [-0.2, 0) is 17.4 Å². The van der Waals surface area contributed by atoms with Crippen LogP contribution in [0.5, 0.6) is 0 Å². The van der Waals surface area contributed by atoms with Gasteiger partial charge in [-0.3, -0.25) is 4.79 Å². The van der Waals surface area contributed by atoms with Gasteiger partial charge in [-0.2, -0.15) is 18.4 Å². The monoisotopic (exact) mass is 407 g/mol. The molecule has 1 heterocycles. The van der Waals surface area contributed by atoms with E-state index in [9.17, 15) is 27.5 Å². The van der Waals surface area contributed by atoms with E-state index in [0.29, 0.717) is 24.7 Å². The first-order chi connectivity index (χ1) is 13.5. The zero-order valence-corrected chi connectivity index (χ0v) is 15.3. The van der Waals surface area contributed by atoms with Crippen LogP contribution in [-0.4, -0.2) is 29.7 Å². The molecule has 0 radical (unpaired) electrons. The average Bonchev–Trinajstić information content (AvgIpc) is 3.02. The number of halogens is 4. The second kappa shape index (κ2) is 7.37. The smallest absolute Gasteiger partial charge is 0.378 e. The zero-order chi connectivity index (χ0) is 21.4. The Kier molecular flexibility index (Phi) is 5.24. The maximum Gasteiger partial charge on any atom is 0.417 e. The van der Waals surface area contributed by atoms with Crippen LogP contribution < -0.4 is 10.2 Å². The van der Waals surface area contributed by atoms with E-state index in [1.165, 1.54) is 25.1 Å². The summed E-state index contributed by atoms with van der Waals surface area (Å²) in [5.41, 5.74) is -2.46. The number of rotatable bonds is 4. The van der Waals surface area contributed by atoms with E-state index in [2.05, 4.69) is 5.32 Å². The maximum atomic E-state index is 13.5. The van der Waals surface area contributed by atoms with Crippen LogP contribution in [0, 0.1) is 17.1 Å². The van der Waals surface area contributed by atoms with Crippen molar-refractivity contribution in [3.63, 3.8) is 0 Å². The highest BCUT2D eigenvalue weighted by Crippen LogP contribution is 2.34. The van der Waals surface area contributed by atoms with E-state index in [1.807, 2.05) is 0 Å². The van der Waals surface area contributed by atoms with Gasteiger partial charge in [-0.25, -0.2) is 4.39 Å². The Bertz CT molecular complexity index is 996. The average molecular weight is 407 g/mol. The molecule has 1 aliphatic heterocycles. The van der Waals surface area contributed by atoms with E-state index in [-0.39, 0.29) is 12.2 Å². The molecule has 1 atom stereocenters. The number of alkyl halides is 3. The first-order valence-corrected chi connectivity index (χ1v) is 8.70. The van der Waals surface area contributed by atoms with Gasteiger partial charge in [0.05, 0.1) is 23.7 Å². The second-order valence-corrected chi connectivity index (χ2v) is 7.04. The predicted octanol–water partition coefficient (Wildman–Crippen LogP) is 3.47. The van der Waals surface area contributed by atoms with Crippen LogP contribution in [0.4, 0.5) is 28.9 Å². The third-order valence-electron chi connectivity index (χ3n) is 4.73. The Morgan fingerprint density at radius 1 is 1.28 bits per heavy atom. The van der Waals surface area contributed by atoms with Crippen molar-refractivity contribution in [2.24, 2.45) is 0 Å². The van der Waals surface area contributed by atoms with Crippen molar-refractivity contribution < 1.29 is 27.5 Å². The van der Waals surface area contributed by atoms with E-state index in [4.69, 9.17) is 5.26 Å². The molecular formula is C20H17F4N3O2. The molecule has 2 aromatic carbocycles. The topological polar surface area (TPSA) is 76.4 Å². The van der Waals surface area contributed by atoms with Crippen LogP contribution >= 0.6 is 0 Å². The van der Waals surface area contributed by atoms with Gasteiger partial charge < -0.3 is 15.3 Å². The number of benzene rings is 2. The highest BCUT2D eigenvalue weighted by atomic mass is 19.4. The summed E-state index contributed by atoms with van der Waals surface area (Å²) in [4.78, 5) is 14.2. The fourth-order valence-corrected chi connectivity index (χ4v) is 3.25. The summed E-state index contributed by atoms with van der Waals surface area (Å²) in [6, 6.07) is 8.48. The number of amides is 1. The number of aliphatic hydroxyl groups is 1. The summed E-state index contributed by atoms with van der Waals surface area (Å²) in [6.07, 6.45) is -4.14. The van der Waals surface area contributed by atoms with E-state index in [0.717, 1.165) is 17.7 Å². The lowest BCUT2D eigenvalue weighted by Crippen LogP contribution is -2.49. The van der Waals surface area contributed by atoms with Gasteiger partial charge in [-0.1, -0.05) is 6.07 Å². The van der Waals surface area contributed by atoms with Gasteiger partial charge >= 0.3 is 6.18 Å². The fourth-order valence-electron chi connectivity index (χ4n) is 3.25. The number of carbonyl (C=O) groups is 1. The van der Waals surface area contributed by atoms with Crippen molar-refractivity contribution in [3.8, 4) is 6.07 Å². The van der Waals surface area contributed by atoms with Crippen LogP contribution in [0.2, 0.25) is 0 Å². The van der Waals surface area contributed by atoms with E-state index >= 15 is 0 Å². The number of β-amino-alcohol motifs (C(OH)–C–C–N with tert-alkyl or cyclic N) is 1. The molecule has 29 heavy (non-hydrogen) atoms. The number of anilines is 2. The normalized spacial score (nSPS) is 15.4. The Morgan fingerprint density at radius 2 is 2.00 bits per heavy atom. The molecule has 0 aromatic heterocycles. The molecular weight excluding hydrogens is 390 g/mol. The van der Waals surface area contributed by atoms with Crippen molar-refractivity contribution in [1.29, 1.82) is 5.26 Å². The quantitative estimate of drug-likeness (QED) is 0.761. The van der Waals surface area contributed by atoms with Crippen LogP contribution in [0.3, 0.4) is 0 Å². The summed E-state index contributed by atoms with van der Waals surface area (Å²) in [6.45, 7) is 1.53. The van der Waals surface area contributed by atoms with Gasteiger partial charge in [0.1, 0.15) is 5.82 Å². The molecule has 1 unspecified atom stereocenters. The van der Waals surface area contributed by atoms with Gasteiger partial charge in [-0.05, 0) is 49.2 Å². The molecule has 152 valence electrons. The molecule has 0 spiro atoms. The molecule has 2 N–H and O–H groups in total. The Labute approximate surface area is 164 Å². The summed E-state index contributed by atoms with van der Waals surface area (Å²) in [7, 11) is 0. The van der Waals surface area contributed by atoms with E-state index in [1.54, 1.807) is 11.0 Å².